The number of ether oxygens (including phenoxy) is 2. The number of thiophene rings is 1. The molecule has 0 aliphatic carbocycles. The summed E-state index contributed by atoms with van der Waals surface area (Å²) in [5.41, 5.74) is 2.03. The highest BCUT2D eigenvalue weighted by molar-refractivity contribution is 7.14. The smallest absolute Gasteiger partial charge is 0.407 e. The molecule has 0 spiro atoms. The van der Waals surface area contributed by atoms with Crippen molar-refractivity contribution >= 4 is 29.1 Å². The van der Waals surface area contributed by atoms with Crippen molar-refractivity contribution in [3.05, 3.63) is 34.2 Å². The summed E-state index contributed by atoms with van der Waals surface area (Å²) in [6, 6.07) is 5.59. The van der Waals surface area contributed by atoms with Crippen molar-refractivity contribution in [2.24, 2.45) is 0 Å². The molecule has 2 rings (SSSR count). The first-order valence-corrected chi connectivity index (χ1v) is 9.37. The maximum Gasteiger partial charge on any atom is 0.407 e. The van der Waals surface area contributed by atoms with Gasteiger partial charge in [0.05, 0.1) is 24.7 Å². The highest BCUT2D eigenvalue weighted by Crippen LogP contribution is 2.30. The van der Waals surface area contributed by atoms with E-state index >= 15 is 0 Å². The third-order valence-electron chi connectivity index (χ3n) is 3.47. The Labute approximate surface area is 163 Å². The van der Waals surface area contributed by atoms with E-state index in [1.165, 1.54) is 18.4 Å². The number of pyridine rings is 1. The van der Waals surface area contributed by atoms with E-state index in [1.54, 1.807) is 12.3 Å². The molecule has 8 heteroatoms. The van der Waals surface area contributed by atoms with Crippen molar-refractivity contribution < 1.29 is 19.1 Å². The topological polar surface area (TPSA) is 89.6 Å². The van der Waals surface area contributed by atoms with Crippen LogP contribution in [0.1, 0.15) is 35.3 Å². The van der Waals surface area contributed by atoms with Crippen LogP contribution in [0.25, 0.3) is 11.3 Å². The van der Waals surface area contributed by atoms with Crippen molar-refractivity contribution in [3.63, 3.8) is 0 Å². The van der Waals surface area contributed by atoms with Crippen molar-refractivity contribution in [2.45, 2.75) is 33.3 Å². The Kier molecular flexibility index (Phi) is 6.79. The standard InChI is InChI=1S/C19H25N3O4S/c1-12-14(10-16(27-12)17(23)25-5)15-7-6-13(11-22-15)20-8-9-21-18(24)26-19(2,3)4/h6-7,10-11,20H,8-9H2,1-5H3,(H,21,24). The van der Waals surface area contributed by atoms with E-state index in [4.69, 9.17) is 9.47 Å². The predicted molar refractivity (Wildman–Crippen MR) is 106 cm³/mol. The monoisotopic (exact) mass is 391 g/mol. The zero-order valence-electron chi connectivity index (χ0n) is 16.2. The maximum absolute atomic E-state index is 11.7. The number of aryl methyl sites for hydroxylation is 1. The lowest BCUT2D eigenvalue weighted by atomic mass is 10.1. The number of nitrogens with one attached hydrogen (secondary N) is 2. The summed E-state index contributed by atoms with van der Waals surface area (Å²) < 4.78 is 9.93. The number of amides is 1. The molecule has 0 fully saturated rings. The summed E-state index contributed by atoms with van der Waals surface area (Å²) in [6.45, 7) is 8.39. The van der Waals surface area contributed by atoms with Crippen molar-refractivity contribution in [1.82, 2.24) is 10.3 Å². The molecule has 146 valence electrons. The Morgan fingerprint density at radius 3 is 2.56 bits per heavy atom. The molecule has 0 aliphatic heterocycles. The van der Waals surface area contributed by atoms with Gasteiger partial charge in [-0.05, 0) is 45.9 Å². The highest BCUT2D eigenvalue weighted by atomic mass is 32.1. The average Bonchev–Trinajstić information content (AvgIpc) is 2.99. The number of esters is 1. The van der Waals surface area contributed by atoms with Crippen LogP contribution in [0.2, 0.25) is 0 Å². The fraction of sp³-hybridized carbons (Fsp3) is 0.421. The molecule has 2 N–H and O–H groups in total. The van der Waals surface area contributed by atoms with Gasteiger partial charge in [0.2, 0.25) is 0 Å². The molecule has 7 nitrogen and oxygen atoms in total. The van der Waals surface area contributed by atoms with Gasteiger partial charge in [0, 0.05) is 23.5 Å². The Balaban J connectivity index is 1.88. The zero-order chi connectivity index (χ0) is 20.0. The number of carbonyl (C=O) groups excluding carboxylic acids is 2. The van der Waals surface area contributed by atoms with Crippen LogP contribution in [0, 0.1) is 6.92 Å². The number of alkyl carbamates (subject to hydrolysis) is 1. The number of hydrogen-bond donors (Lipinski definition) is 2. The van der Waals surface area contributed by atoms with Crippen LogP contribution < -0.4 is 10.6 Å². The quantitative estimate of drug-likeness (QED) is 0.574. The normalized spacial score (nSPS) is 11.0. The van der Waals surface area contributed by atoms with Gasteiger partial charge in [-0.25, -0.2) is 9.59 Å². The van der Waals surface area contributed by atoms with Gasteiger partial charge in [0.1, 0.15) is 10.5 Å². The molecule has 0 atom stereocenters. The summed E-state index contributed by atoms with van der Waals surface area (Å²) >= 11 is 1.39. The molecule has 2 heterocycles. The molecule has 1 amide bonds. The molecule has 2 aromatic rings. The first-order valence-electron chi connectivity index (χ1n) is 8.55. The number of methoxy groups -OCH3 is 1. The Morgan fingerprint density at radius 1 is 1.22 bits per heavy atom. The van der Waals surface area contributed by atoms with Crippen molar-refractivity contribution in [3.8, 4) is 11.3 Å². The molecule has 0 aromatic carbocycles. The first kappa shape index (κ1) is 20.7. The summed E-state index contributed by atoms with van der Waals surface area (Å²) in [6.07, 6.45) is 1.28. The number of aromatic nitrogens is 1. The molecular weight excluding hydrogens is 366 g/mol. The number of hydrogen-bond acceptors (Lipinski definition) is 7. The number of carbonyl (C=O) groups is 2. The lowest BCUT2D eigenvalue weighted by molar-refractivity contribution is 0.0528. The van der Waals surface area contributed by atoms with Gasteiger partial charge >= 0.3 is 12.1 Å². The van der Waals surface area contributed by atoms with Crippen LogP contribution in [0.5, 0.6) is 0 Å². The van der Waals surface area contributed by atoms with E-state index in [0.717, 1.165) is 21.8 Å². The van der Waals surface area contributed by atoms with Gasteiger partial charge in [-0.3, -0.25) is 4.98 Å². The van der Waals surface area contributed by atoms with Crippen LogP contribution in [0.15, 0.2) is 24.4 Å². The molecule has 2 aromatic heterocycles. The van der Waals surface area contributed by atoms with E-state index in [-0.39, 0.29) is 5.97 Å². The minimum absolute atomic E-state index is 0.342. The van der Waals surface area contributed by atoms with E-state index in [9.17, 15) is 9.59 Å². The average molecular weight is 391 g/mol. The molecule has 0 aliphatic rings. The fourth-order valence-electron chi connectivity index (χ4n) is 2.28. The lowest BCUT2D eigenvalue weighted by Crippen LogP contribution is -2.34. The van der Waals surface area contributed by atoms with E-state index in [0.29, 0.717) is 18.0 Å². The van der Waals surface area contributed by atoms with Gasteiger partial charge in [-0.1, -0.05) is 0 Å². The SMILES string of the molecule is COC(=O)c1cc(-c2ccc(NCCNC(=O)OC(C)(C)C)cn2)c(C)s1. The number of anilines is 1. The maximum atomic E-state index is 11.7. The van der Waals surface area contributed by atoms with Crippen LogP contribution in [0.3, 0.4) is 0 Å². The third kappa shape index (κ3) is 6.25. The Bertz CT molecular complexity index is 794. The van der Waals surface area contributed by atoms with Crippen LogP contribution in [-0.2, 0) is 9.47 Å². The van der Waals surface area contributed by atoms with E-state index < -0.39 is 11.7 Å². The molecular formula is C19H25N3O4S. The number of rotatable bonds is 6. The van der Waals surface area contributed by atoms with Crippen LogP contribution >= 0.6 is 11.3 Å². The molecule has 27 heavy (non-hydrogen) atoms. The first-order chi connectivity index (χ1) is 12.7. The second-order valence-corrected chi connectivity index (χ2v) is 8.12. The second-order valence-electron chi connectivity index (χ2n) is 6.86. The van der Waals surface area contributed by atoms with Gasteiger partial charge in [-0.15, -0.1) is 11.3 Å². The fourth-order valence-corrected chi connectivity index (χ4v) is 3.23. The second kappa shape index (κ2) is 8.85. The molecule has 0 radical (unpaired) electrons. The minimum atomic E-state index is -0.509. The Morgan fingerprint density at radius 2 is 1.96 bits per heavy atom. The molecule has 0 bridgehead atoms. The highest BCUT2D eigenvalue weighted by Gasteiger charge is 2.16. The summed E-state index contributed by atoms with van der Waals surface area (Å²) in [7, 11) is 1.37. The van der Waals surface area contributed by atoms with Gasteiger partial charge < -0.3 is 20.1 Å². The summed E-state index contributed by atoms with van der Waals surface area (Å²) in [4.78, 5) is 29.2. The van der Waals surface area contributed by atoms with Gasteiger partial charge in [-0.2, -0.15) is 0 Å². The minimum Gasteiger partial charge on any atom is -0.465 e. The number of nitrogens with zero attached hydrogens (tertiary/aromatic N) is 1. The van der Waals surface area contributed by atoms with Crippen LogP contribution in [-0.4, -0.2) is 42.8 Å². The van der Waals surface area contributed by atoms with Gasteiger partial charge in [0.25, 0.3) is 0 Å². The Hall–Kier alpha value is -2.61. The van der Waals surface area contributed by atoms with Gasteiger partial charge in [0.15, 0.2) is 0 Å². The van der Waals surface area contributed by atoms with E-state index in [1.807, 2.05) is 39.8 Å². The van der Waals surface area contributed by atoms with Crippen molar-refractivity contribution in [2.75, 3.05) is 25.5 Å². The zero-order valence-corrected chi connectivity index (χ0v) is 17.0. The van der Waals surface area contributed by atoms with E-state index in [2.05, 4.69) is 15.6 Å². The third-order valence-corrected chi connectivity index (χ3v) is 4.50. The molecule has 0 saturated carbocycles. The summed E-state index contributed by atoms with van der Waals surface area (Å²) in [5.74, 6) is -0.342. The van der Waals surface area contributed by atoms with Crippen molar-refractivity contribution in [1.29, 1.82) is 0 Å². The van der Waals surface area contributed by atoms with Crippen LogP contribution in [0.4, 0.5) is 10.5 Å². The summed E-state index contributed by atoms with van der Waals surface area (Å²) in [5, 5.41) is 5.87. The predicted octanol–water partition coefficient (Wildman–Crippen LogP) is 3.84. The molecule has 0 saturated heterocycles. The molecule has 0 unspecified atom stereocenters. The lowest BCUT2D eigenvalue weighted by Gasteiger charge is -2.19. The largest absolute Gasteiger partial charge is 0.465 e.